The third-order valence-corrected chi connectivity index (χ3v) is 4.57. The molecule has 0 aliphatic heterocycles. The van der Waals surface area contributed by atoms with Crippen molar-refractivity contribution in [1.29, 1.82) is 0 Å². The van der Waals surface area contributed by atoms with Gasteiger partial charge in [-0.05, 0) is 31.0 Å². The van der Waals surface area contributed by atoms with Gasteiger partial charge in [-0.15, -0.1) is 0 Å². The number of aromatic nitrogens is 6. The van der Waals surface area contributed by atoms with E-state index in [0.29, 0.717) is 30.3 Å². The summed E-state index contributed by atoms with van der Waals surface area (Å²) < 4.78 is 3.76. The zero-order valence-electron chi connectivity index (χ0n) is 15.6. The highest BCUT2D eigenvalue weighted by atomic mass is 16.2. The van der Waals surface area contributed by atoms with Gasteiger partial charge in [0.15, 0.2) is 0 Å². The van der Waals surface area contributed by atoms with Crippen LogP contribution < -0.4 is 0 Å². The number of hydrogen-bond acceptors (Lipinski definition) is 5. The number of nitrogens with zero attached hydrogens (tertiary/aromatic N) is 7. The topological polar surface area (TPSA) is 81.2 Å². The highest BCUT2D eigenvalue weighted by Gasteiger charge is 2.23. The van der Waals surface area contributed by atoms with Crippen LogP contribution in [0.2, 0.25) is 0 Å². The van der Waals surface area contributed by atoms with Gasteiger partial charge in [0.25, 0.3) is 5.91 Å². The Balaban J connectivity index is 1.59. The van der Waals surface area contributed by atoms with Gasteiger partial charge in [-0.25, -0.2) is 15.0 Å². The maximum atomic E-state index is 13.4. The third-order valence-electron chi connectivity index (χ3n) is 4.57. The molecule has 0 spiro atoms. The maximum absolute atomic E-state index is 13.4. The smallest absolute Gasteiger partial charge is 0.273 e. The van der Waals surface area contributed by atoms with Crippen LogP contribution in [-0.2, 0) is 13.1 Å². The van der Waals surface area contributed by atoms with Crippen LogP contribution in [0.3, 0.4) is 0 Å². The molecule has 0 saturated heterocycles. The van der Waals surface area contributed by atoms with Crippen LogP contribution >= 0.6 is 0 Å². The van der Waals surface area contributed by atoms with Gasteiger partial charge in [0.05, 0.1) is 12.0 Å². The van der Waals surface area contributed by atoms with Gasteiger partial charge in [0, 0.05) is 56.8 Å². The SMILES string of the molecule is Cc1nc2ncccn2c1C(=O)N(CCCn1ccnc1)Cc1cccnc1. The Bertz CT molecular complexity index is 1060. The molecule has 4 aromatic heterocycles. The second-order valence-corrected chi connectivity index (χ2v) is 6.58. The van der Waals surface area contributed by atoms with Crippen molar-refractivity contribution in [3.63, 3.8) is 0 Å². The zero-order valence-corrected chi connectivity index (χ0v) is 15.6. The minimum absolute atomic E-state index is 0.0625. The van der Waals surface area contributed by atoms with E-state index < -0.39 is 0 Å². The lowest BCUT2D eigenvalue weighted by Gasteiger charge is -2.23. The quantitative estimate of drug-likeness (QED) is 0.495. The Morgan fingerprint density at radius 3 is 2.86 bits per heavy atom. The van der Waals surface area contributed by atoms with Gasteiger partial charge in [-0.2, -0.15) is 0 Å². The summed E-state index contributed by atoms with van der Waals surface area (Å²) in [4.78, 5) is 32.2. The summed E-state index contributed by atoms with van der Waals surface area (Å²) in [6, 6.07) is 5.66. The summed E-state index contributed by atoms with van der Waals surface area (Å²) in [5.41, 5.74) is 2.21. The Morgan fingerprint density at radius 1 is 1.14 bits per heavy atom. The number of rotatable bonds is 7. The van der Waals surface area contributed by atoms with Crippen molar-refractivity contribution in [3.05, 3.63) is 78.7 Å². The molecule has 0 unspecified atom stereocenters. The van der Waals surface area contributed by atoms with Crippen molar-refractivity contribution in [2.75, 3.05) is 6.54 Å². The van der Waals surface area contributed by atoms with Crippen LogP contribution in [0.5, 0.6) is 0 Å². The molecule has 0 saturated carbocycles. The summed E-state index contributed by atoms with van der Waals surface area (Å²) in [5.74, 6) is 0.468. The molecule has 0 atom stereocenters. The number of amides is 1. The Kier molecular flexibility index (Phi) is 5.09. The molecule has 0 aliphatic rings. The summed E-state index contributed by atoms with van der Waals surface area (Å²) in [6.45, 7) is 3.74. The molecule has 4 aromatic rings. The number of carbonyl (C=O) groups is 1. The fraction of sp³-hybridized carbons (Fsp3) is 0.250. The van der Waals surface area contributed by atoms with E-state index in [1.54, 1.807) is 41.6 Å². The van der Waals surface area contributed by atoms with Crippen molar-refractivity contribution in [3.8, 4) is 0 Å². The largest absolute Gasteiger partial charge is 0.337 e. The number of imidazole rings is 2. The first-order chi connectivity index (χ1) is 13.7. The average molecular weight is 375 g/mol. The molecule has 8 heteroatoms. The Morgan fingerprint density at radius 2 is 2.07 bits per heavy atom. The molecule has 1 amide bonds. The summed E-state index contributed by atoms with van der Waals surface area (Å²) in [5, 5.41) is 0. The van der Waals surface area contributed by atoms with Gasteiger partial charge in [0.1, 0.15) is 5.69 Å². The highest BCUT2D eigenvalue weighted by molar-refractivity contribution is 5.94. The molecule has 8 nitrogen and oxygen atoms in total. The predicted octanol–water partition coefficient (Wildman–Crippen LogP) is 2.36. The first-order valence-electron chi connectivity index (χ1n) is 9.16. The molecule has 0 radical (unpaired) electrons. The van der Waals surface area contributed by atoms with E-state index in [2.05, 4.69) is 19.9 Å². The van der Waals surface area contributed by atoms with E-state index in [0.717, 1.165) is 18.5 Å². The summed E-state index contributed by atoms with van der Waals surface area (Å²) >= 11 is 0. The second kappa shape index (κ2) is 7.99. The summed E-state index contributed by atoms with van der Waals surface area (Å²) in [7, 11) is 0. The molecular weight excluding hydrogens is 354 g/mol. The van der Waals surface area contributed by atoms with Crippen LogP contribution in [0, 0.1) is 6.92 Å². The van der Waals surface area contributed by atoms with E-state index in [4.69, 9.17) is 0 Å². The lowest BCUT2D eigenvalue weighted by atomic mass is 10.2. The molecule has 4 rings (SSSR count). The molecule has 0 aromatic carbocycles. The van der Waals surface area contributed by atoms with Gasteiger partial charge in [0.2, 0.25) is 5.78 Å². The zero-order chi connectivity index (χ0) is 19.3. The number of aryl methyl sites for hydroxylation is 2. The van der Waals surface area contributed by atoms with E-state index in [1.165, 1.54) is 0 Å². The first kappa shape index (κ1) is 17.8. The minimum atomic E-state index is -0.0625. The van der Waals surface area contributed by atoms with Crippen LogP contribution in [0.25, 0.3) is 5.78 Å². The van der Waals surface area contributed by atoms with Crippen molar-refractivity contribution >= 4 is 11.7 Å². The van der Waals surface area contributed by atoms with Crippen LogP contribution in [0.4, 0.5) is 0 Å². The van der Waals surface area contributed by atoms with Crippen molar-refractivity contribution < 1.29 is 4.79 Å². The number of pyridine rings is 1. The highest BCUT2D eigenvalue weighted by Crippen LogP contribution is 2.15. The number of carbonyl (C=O) groups excluding carboxylic acids is 1. The van der Waals surface area contributed by atoms with Gasteiger partial charge in [-0.3, -0.25) is 14.2 Å². The van der Waals surface area contributed by atoms with E-state index in [1.807, 2.05) is 40.9 Å². The fourth-order valence-electron chi connectivity index (χ4n) is 3.23. The lowest BCUT2D eigenvalue weighted by Crippen LogP contribution is -2.33. The van der Waals surface area contributed by atoms with Gasteiger partial charge < -0.3 is 9.47 Å². The number of fused-ring (bicyclic) bond motifs is 1. The molecule has 142 valence electrons. The van der Waals surface area contributed by atoms with Crippen molar-refractivity contribution in [1.82, 2.24) is 33.8 Å². The lowest BCUT2D eigenvalue weighted by molar-refractivity contribution is 0.0731. The molecule has 0 fully saturated rings. The predicted molar refractivity (Wildman–Crippen MR) is 104 cm³/mol. The second-order valence-electron chi connectivity index (χ2n) is 6.58. The fourth-order valence-corrected chi connectivity index (χ4v) is 3.23. The van der Waals surface area contributed by atoms with Gasteiger partial charge >= 0.3 is 0 Å². The normalized spacial score (nSPS) is 11.0. The monoisotopic (exact) mass is 375 g/mol. The van der Waals surface area contributed by atoms with Crippen molar-refractivity contribution in [2.45, 2.75) is 26.4 Å². The van der Waals surface area contributed by atoms with Gasteiger partial charge in [-0.1, -0.05) is 6.07 Å². The first-order valence-corrected chi connectivity index (χ1v) is 9.16. The minimum Gasteiger partial charge on any atom is -0.337 e. The standard InChI is InChI=1S/C20H21N7O/c1-16-18(27-11-3-7-23-20(27)24-16)19(28)26(14-17-5-2-6-21-13-17)10-4-9-25-12-8-22-15-25/h2-3,5-8,11-13,15H,4,9-10,14H2,1H3. The number of hydrogen-bond donors (Lipinski definition) is 0. The Labute approximate surface area is 162 Å². The van der Waals surface area contributed by atoms with Crippen LogP contribution in [0.15, 0.2) is 61.7 Å². The maximum Gasteiger partial charge on any atom is 0.273 e. The van der Waals surface area contributed by atoms with Crippen LogP contribution in [0.1, 0.15) is 28.2 Å². The summed E-state index contributed by atoms with van der Waals surface area (Å²) in [6.07, 6.45) is 13.3. The van der Waals surface area contributed by atoms with E-state index >= 15 is 0 Å². The third kappa shape index (κ3) is 3.75. The molecule has 0 bridgehead atoms. The van der Waals surface area contributed by atoms with Crippen molar-refractivity contribution in [2.24, 2.45) is 0 Å². The molecule has 4 heterocycles. The average Bonchev–Trinajstić information content (AvgIpc) is 3.34. The molecular formula is C20H21N7O. The molecule has 0 N–H and O–H groups in total. The van der Waals surface area contributed by atoms with E-state index in [9.17, 15) is 4.79 Å². The molecule has 0 aliphatic carbocycles. The van der Waals surface area contributed by atoms with Crippen LogP contribution in [-0.4, -0.2) is 46.3 Å². The molecule has 28 heavy (non-hydrogen) atoms. The van der Waals surface area contributed by atoms with E-state index in [-0.39, 0.29) is 5.91 Å². The Hall–Kier alpha value is -3.55.